The summed E-state index contributed by atoms with van der Waals surface area (Å²) in [7, 11) is 0. The van der Waals surface area contributed by atoms with Crippen molar-refractivity contribution in [3.8, 4) is 0 Å². The molecule has 0 radical (unpaired) electrons. The molecule has 16 heavy (non-hydrogen) atoms. The Hall–Kier alpha value is -0.580. The first-order chi connectivity index (χ1) is 7.67. The van der Waals surface area contributed by atoms with E-state index in [1.165, 1.54) is 6.07 Å². The Bertz CT molecular complexity index is 331. The second kappa shape index (κ2) is 6.89. The largest absolute Gasteiger partial charge is 0.271 e. The lowest BCUT2D eigenvalue weighted by molar-refractivity contribution is 0.572. The van der Waals surface area contributed by atoms with Gasteiger partial charge in [0, 0.05) is 11.8 Å². The van der Waals surface area contributed by atoms with Crippen LogP contribution in [0.3, 0.4) is 0 Å². The number of thioether (sulfide) groups is 1. The van der Waals surface area contributed by atoms with Crippen LogP contribution in [-0.2, 0) is 6.42 Å². The van der Waals surface area contributed by atoms with Gasteiger partial charge in [0.25, 0.3) is 0 Å². The Balaban J connectivity index is 2.62. The summed E-state index contributed by atoms with van der Waals surface area (Å²) in [5, 5.41) is 0. The normalized spacial score (nSPS) is 12.8. The zero-order valence-electron chi connectivity index (χ0n) is 9.79. The molecule has 0 aliphatic heterocycles. The van der Waals surface area contributed by atoms with Gasteiger partial charge in [-0.1, -0.05) is 13.0 Å². The second-order valence-electron chi connectivity index (χ2n) is 3.80. The number of halogens is 1. The number of rotatable bonds is 6. The number of hydrogen-bond acceptors (Lipinski definition) is 3. The minimum absolute atomic E-state index is 0.179. The van der Waals surface area contributed by atoms with Gasteiger partial charge in [-0.15, -0.1) is 0 Å². The fourth-order valence-corrected chi connectivity index (χ4v) is 2.31. The quantitative estimate of drug-likeness (QED) is 0.593. The van der Waals surface area contributed by atoms with Crippen molar-refractivity contribution >= 4 is 11.8 Å². The van der Waals surface area contributed by atoms with Crippen LogP contribution < -0.4 is 11.3 Å². The smallest absolute Gasteiger partial charge is 0.123 e. The van der Waals surface area contributed by atoms with Gasteiger partial charge in [-0.05, 0) is 42.4 Å². The van der Waals surface area contributed by atoms with Crippen molar-refractivity contribution in [2.45, 2.75) is 26.3 Å². The number of hydrogen-bond donors (Lipinski definition) is 2. The zero-order valence-corrected chi connectivity index (χ0v) is 10.6. The topological polar surface area (TPSA) is 38.0 Å². The highest BCUT2D eigenvalue weighted by Gasteiger charge is 2.09. The molecule has 0 spiro atoms. The molecule has 1 unspecified atom stereocenters. The maximum Gasteiger partial charge on any atom is 0.123 e. The highest BCUT2D eigenvalue weighted by atomic mass is 32.2. The Labute approximate surface area is 101 Å². The van der Waals surface area contributed by atoms with Crippen LogP contribution in [0.4, 0.5) is 4.39 Å². The van der Waals surface area contributed by atoms with Crippen LogP contribution in [0.25, 0.3) is 0 Å². The molecule has 0 saturated heterocycles. The molecule has 0 heterocycles. The summed E-state index contributed by atoms with van der Waals surface area (Å²) in [5.74, 6) is 7.38. The highest BCUT2D eigenvalue weighted by molar-refractivity contribution is 7.99. The number of nitrogens with two attached hydrogens (primary N) is 1. The van der Waals surface area contributed by atoms with E-state index in [0.717, 1.165) is 29.1 Å². The van der Waals surface area contributed by atoms with Crippen LogP contribution in [0.2, 0.25) is 0 Å². The second-order valence-corrected chi connectivity index (χ2v) is 5.12. The van der Waals surface area contributed by atoms with E-state index in [-0.39, 0.29) is 11.9 Å². The zero-order chi connectivity index (χ0) is 12.0. The van der Waals surface area contributed by atoms with Gasteiger partial charge in [0.05, 0.1) is 0 Å². The fraction of sp³-hybridized carbons (Fsp3) is 0.500. The number of nitrogens with one attached hydrogen (secondary N) is 1. The first kappa shape index (κ1) is 13.5. The molecule has 2 nitrogen and oxygen atoms in total. The van der Waals surface area contributed by atoms with Crippen molar-refractivity contribution < 1.29 is 4.39 Å². The van der Waals surface area contributed by atoms with Gasteiger partial charge < -0.3 is 0 Å². The number of hydrazine groups is 1. The molecule has 1 rings (SSSR count). The van der Waals surface area contributed by atoms with Crippen LogP contribution in [-0.4, -0.2) is 17.5 Å². The molecule has 4 heteroatoms. The van der Waals surface area contributed by atoms with Crippen molar-refractivity contribution in [2.75, 3.05) is 11.5 Å². The van der Waals surface area contributed by atoms with Crippen LogP contribution in [0.5, 0.6) is 0 Å². The highest BCUT2D eigenvalue weighted by Crippen LogP contribution is 2.14. The van der Waals surface area contributed by atoms with Gasteiger partial charge in [0.15, 0.2) is 0 Å². The monoisotopic (exact) mass is 242 g/mol. The van der Waals surface area contributed by atoms with Crippen molar-refractivity contribution in [3.05, 3.63) is 35.1 Å². The van der Waals surface area contributed by atoms with E-state index in [4.69, 9.17) is 5.84 Å². The lowest BCUT2D eigenvalue weighted by Crippen LogP contribution is -2.38. The molecule has 1 aromatic rings. The molecule has 0 fully saturated rings. The Morgan fingerprint density at radius 3 is 2.81 bits per heavy atom. The van der Waals surface area contributed by atoms with E-state index < -0.39 is 0 Å². The van der Waals surface area contributed by atoms with E-state index in [2.05, 4.69) is 12.3 Å². The van der Waals surface area contributed by atoms with Crippen molar-refractivity contribution in [2.24, 2.45) is 5.84 Å². The molecule has 0 amide bonds. The number of benzene rings is 1. The summed E-state index contributed by atoms with van der Waals surface area (Å²) in [6, 6.07) is 5.15. The van der Waals surface area contributed by atoms with E-state index in [1.54, 1.807) is 6.07 Å². The van der Waals surface area contributed by atoms with Crippen molar-refractivity contribution in [1.29, 1.82) is 0 Å². The third kappa shape index (κ3) is 4.12. The Kier molecular flexibility index (Phi) is 5.80. The molecule has 3 N–H and O–H groups in total. The maximum absolute atomic E-state index is 12.9. The van der Waals surface area contributed by atoms with Crippen LogP contribution >= 0.6 is 11.8 Å². The summed E-state index contributed by atoms with van der Waals surface area (Å²) >= 11 is 1.85. The molecule has 0 bridgehead atoms. The molecule has 90 valence electrons. The predicted octanol–water partition coefficient (Wildman–Crippen LogP) is 2.26. The Morgan fingerprint density at radius 2 is 2.25 bits per heavy atom. The lowest BCUT2D eigenvalue weighted by Gasteiger charge is -2.16. The first-order valence-corrected chi connectivity index (χ1v) is 6.61. The third-order valence-electron chi connectivity index (χ3n) is 2.53. The van der Waals surface area contributed by atoms with Crippen LogP contribution in [0.1, 0.15) is 18.1 Å². The van der Waals surface area contributed by atoms with Gasteiger partial charge in [-0.3, -0.25) is 11.3 Å². The SMILES string of the molecule is CCSCC(Cc1ccc(F)cc1C)NN. The molecule has 0 aromatic heterocycles. The summed E-state index contributed by atoms with van der Waals surface area (Å²) in [4.78, 5) is 0. The molecule has 0 aliphatic rings. The average molecular weight is 242 g/mol. The fourth-order valence-electron chi connectivity index (χ4n) is 1.58. The standard InChI is InChI=1S/C12H19FN2S/c1-3-16-8-12(15-14)7-10-4-5-11(13)6-9(10)2/h4-6,12,15H,3,7-8,14H2,1-2H3. The average Bonchev–Trinajstić information content (AvgIpc) is 2.27. The summed E-state index contributed by atoms with van der Waals surface area (Å²) in [6.45, 7) is 4.06. The van der Waals surface area contributed by atoms with Gasteiger partial charge >= 0.3 is 0 Å². The maximum atomic E-state index is 12.9. The molecule has 1 aromatic carbocycles. The Morgan fingerprint density at radius 1 is 1.50 bits per heavy atom. The van der Waals surface area contributed by atoms with Gasteiger partial charge in [-0.25, -0.2) is 4.39 Å². The van der Waals surface area contributed by atoms with Gasteiger partial charge in [0.1, 0.15) is 5.82 Å². The van der Waals surface area contributed by atoms with Crippen molar-refractivity contribution in [1.82, 2.24) is 5.43 Å². The van der Waals surface area contributed by atoms with Crippen LogP contribution in [0, 0.1) is 12.7 Å². The van der Waals surface area contributed by atoms with E-state index in [1.807, 2.05) is 24.8 Å². The first-order valence-electron chi connectivity index (χ1n) is 5.46. The number of aryl methyl sites for hydroxylation is 1. The van der Waals surface area contributed by atoms with E-state index >= 15 is 0 Å². The van der Waals surface area contributed by atoms with E-state index in [0.29, 0.717) is 0 Å². The summed E-state index contributed by atoms with van der Waals surface area (Å²) < 4.78 is 12.9. The molecular weight excluding hydrogens is 223 g/mol. The minimum atomic E-state index is -0.179. The molecule has 0 aliphatic carbocycles. The lowest BCUT2D eigenvalue weighted by atomic mass is 10.0. The molecule has 0 saturated carbocycles. The van der Waals surface area contributed by atoms with Gasteiger partial charge in [0.2, 0.25) is 0 Å². The van der Waals surface area contributed by atoms with E-state index in [9.17, 15) is 4.39 Å². The molecule has 1 atom stereocenters. The predicted molar refractivity (Wildman–Crippen MR) is 69.0 cm³/mol. The molecular formula is C12H19FN2S. The third-order valence-corrected chi connectivity index (χ3v) is 3.58. The van der Waals surface area contributed by atoms with Crippen LogP contribution in [0.15, 0.2) is 18.2 Å². The summed E-state index contributed by atoms with van der Waals surface area (Å²) in [5.41, 5.74) is 4.95. The van der Waals surface area contributed by atoms with Crippen molar-refractivity contribution in [3.63, 3.8) is 0 Å². The summed E-state index contributed by atoms with van der Waals surface area (Å²) in [6.07, 6.45) is 0.843. The van der Waals surface area contributed by atoms with Gasteiger partial charge in [-0.2, -0.15) is 11.8 Å². The minimum Gasteiger partial charge on any atom is -0.271 e.